The Hall–Kier alpha value is -0.160. The zero-order valence-electron chi connectivity index (χ0n) is 8.13. The van der Waals surface area contributed by atoms with Gasteiger partial charge >= 0.3 is 0 Å². The zero-order chi connectivity index (χ0) is 9.36. The third kappa shape index (κ3) is 5.21. The van der Waals surface area contributed by atoms with Gasteiger partial charge in [0.2, 0.25) is 0 Å². The molecular weight excluding hydrogens is 168 g/mol. The number of morpholine rings is 1. The predicted molar refractivity (Wildman–Crippen MR) is 50.3 cm³/mol. The summed E-state index contributed by atoms with van der Waals surface area (Å²) in [5.74, 6) is 0. The standard InChI is InChI=1S/C9H19N2O2/c12-7-1-2-10-3-4-11-5-8-13-9-6-11/h10H,1-9H2. The maximum Gasteiger partial charge on any atom is 0.0834 e. The lowest BCUT2D eigenvalue weighted by molar-refractivity contribution is 0.0384. The largest absolute Gasteiger partial charge is 0.379 e. The highest BCUT2D eigenvalue weighted by molar-refractivity contribution is 4.62. The van der Waals surface area contributed by atoms with Crippen LogP contribution in [0.3, 0.4) is 0 Å². The van der Waals surface area contributed by atoms with Crippen LogP contribution in [0, 0.1) is 0 Å². The molecule has 0 unspecified atom stereocenters. The summed E-state index contributed by atoms with van der Waals surface area (Å²) >= 11 is 0. The first kappa shape index (κ1) is 10.9. The Morgan fingerprint density at radius 1 is 1.23 bits per heavy atom. The van der Waals surface area contributed by atoms with E-state index in [1.165, 1.54) is 0 Å². The minimum atomic E-state index is 0.0323. The van der Waals surface area contributed by atoms with Crippen LogP contribution in [-0.4, -0.2) is 57.4 Å². The highest BCUT2D eigenvalue weighted by Crippen LogP contribution is 1.94. The van der Waals surface area contributed by atoms with E-state index in [0.717, 1.165) is 52.4 Å². The molecule has 1 rings (SSSR count). The molecule has 1 saturated heterocycles. The monoisotopic (exact) mass is 187 g/mol. The third-order valence-corrected chi connectivity index (χ3v) is 2.21. The third-order valence-electron chi connectivity index (χ3n) is 2.21. The van der Waals surface area contributed by atoms with Crippen LogP contribution in [0.25, 0.3) is 0 Å². The summed E-state index contributed by atoms with van der Waals surface area (Å²) in [6, 6.07) is 0. The van der Waals surface area contributed by atoms with Crippen molar-refractivity contribution in [2.45, 2.75) is 6.42 Å². The summed E-state index contributed by atoms with van der Waals surface area (Å²) in [5, 5.41) is 13.4. The van der Waals surface area contributed by atoms with E-state index in [1.807, 2.05) is 0 Å². The van der Waals surface area contributed by atoms with Crippen LogP contribution in [0.1, 0.15) is 6.42 Å². The van der Waals surface area contributed by atoms with Crippen molar-refractivity contribution in [2.75, 3.05) is 52.5 Å². The Morgan fingerprint density at radius 3 is 2.69 bits per heavy atom. The summed E-state index contributed by atoms with van der Waals surface area (Å²) in [5.41, 5.74) is 0. The van der Waals surface area contributed by atoms with E-state index in [4.69, 9.17) is 4.74 Å². The summed E-state index contributed by atoms with van der Waals surface area (Å²) in [6.45, 7) is 6.76. The maximum atomic E-state index is 10.1. The molecule has 1 aliphatic heterocycles. The molecule has 0 aromatic rings. The van der Waals surface area contributed by atoms with Crippen LogP contribution in [0.4, 0.5) is 0 Å². The van der Waals surface area contributed by atoms with Gasteiger partial charge in [0.25, 0.3) is 0 Å². The second-order valence-electron chi connectivity index (χ2n) is 3.26. The molecule has 4 heteroatoms. The minimum Gasteiger partial charge on any atom is -0.379 e. The van der Waals surface area contributed by atoms with Crippen molar-refractivity contribution in [1.29, 1.82) is 0 Å². The quantitative estimate of drug-likeness (QED) is 0.582. The van der Waals surface area contributed by atoms with Gasteiger partial charge in [-0.1, -0.05) is 0 Å². The first-order valence-corrected chi connectivity index (χ1v) is 5.02. The maximum absolute atomic E-state index is 10.1. The van der Waals surface area contributed by atoms with E-state index in [1.54, 1.807) is 0 Å². The fraction of sp³-hybridized carbons (Fsp3) is 1.00. The zero-order valence-corrected chi connectivity index (χ0v) is 8.13. The van der Waals surface area contributed by atoms with Gasteiger partial charge in [-0.15, -0.1) is 0 Å². The molecule has 1 fully saturated rings. The Bertz CT molecular complexity index is 116. The van der Waals surface area contributed by atoms with Crippen molar-refractivity contribution < 1.29 is 9.84 Å². The first-order chi connectivity index (χ1) is 6.43. The molecule has 0 aromatic carbocycles. The average molecular weight is 187 g/mol. The molecule has 77 valence electrons. The molecule has 0 aliphatic carbocycles. The molecular formula is C9H19N2O2. The van der Waals surface area contributed by atoms with Gasteiger partial charge in [-0.25, -0.2) is 5.11 Å². The lowest BCUT2D eigenvalue weighted by Crippen LogP contribution is -2.40. The highest BCUT2D eigenvalue weighted by Gasteiger charge is 2.08. The number of nitrogens with zero attached hydrogens (tertiary/aromatic N) is 1. The van der Waals surface area contributed by atoms with Crippen molar-refractivity contribution in [3.8, 4) is 0 Å². The van der Waals surface area contributed by atoms with Crippen LogP contribution in [0.15, 0.2) is 0 Å². The molecule has 1 N–H and O–H groups in total. The van der Waals surface area contributed by atoms with E-state index >= 15 is 0 Å². The average Bonchev–Trinajstić information content (AvgIpc) is 2.19. The van der Waals surface area contributed by atoms with Crippen molar-refractivity contribution in [2.24, 2.45) is 0 Å². The number of ether oxygens (including phenoxy) is 1. The van der Waals surface area contributed by atoms with Gasteiger partial charge in [0.1, 0.15) is 0 Å². The summed E-state index contributed by atoms with van der Waals surface area (Å²) in [4.78, 5) is 2.38. The highest BCUT2D eigenvalue weighted by atomic mass is 16.5. The Balaban J connectivity index is 1.86. The Kier molecular flexibility index (Phi) is 6.10. The van der Waals surface area contributed by atoms with Crippen LogP contribution < -0.4 is 5.32 Å². The predicted octanol–water partition coefficient (Wildman–Crippen LogP) is -0.271. The number of hydrogen-bond donors (Lipinski definition) is 1. The van der Waals surface area contributed by atoms with Crippen LogP contribution >= 0.6 is 0 Å². The second-order valence-corrected chi connectivity index (χ2v) is 3.26. The molecule has 13 heavy (non-hydrogen) atoms. The lowest BCUT2D eigenvalue weighted by atomic mass is 10.4. The van der Waals surface area contributed by atoms with Crippen LogP contribution in [-0.2, 0) is 9.84 Å². The minimum absolute atomic E-state index is 0.0323. The SMILES string of the molecule is [O]CCCNCCN1CCOCC1. The molecule has 0 amide bonds. The number of hydrogen-bond acceptors (Lipinski definition) is 3. The number of nitrogens with one attached hydrogen (secondary N) is 1. The van der Waals surface area contributed by atoms with Gasteiger partial charge in [0.15, 0.2) is 0 Å². The molecule has 0 aromatic heterocycles. The van der Waals surface area contributed by atoms with Crippen molar-refractivity contribution >= 4 is 0 Å². The van der Waals surface area contributed by atoms with Gasteiger partial charge in [-0.3, -0.25) is 4.90 Å². The van der Waals surface area contributed by atoms with Gasteiger partial charge in [0.05, 0.1) is 19.8 Å². The smallest absolute Gasteiger partial charge is 0.0834 e. The summed E-state index contributed by atoms with van der Waals surface area (Å²) < 4.78 is 5.24. The molecule has 0 bridgehead atoms. The van der Waals surface area contributed by atoms with Crippen LogP contribution in [0.2, 0.25) is 0 Å². The Labute approximate surface area is 79.9 Å². The molecule has 0 atom stereocenters. The molecule has 1 heterocycles. The van der Waals surface area contributed by atoms with Crippen molar-refractivity contribution in [3.63, 3.8) is 0 Å². The van der Waals surface area contributed by atoms with E-state index in [9.17, 15) is 5.11 Å². The van der Waals surface area contributed by atoms with Gasteiger partial charge < -0.3 is 10.1 Å². The summed E-state index contributed by atoms with van der Waals surface area (Å²) in [7, 11) is 0. The van der Waals surface area contributed by atoms with E-state index < -0.39 is 0 Å². The van der Waals surface area contributed by atoms with Crippen LogP contribution in [0.5, 0.6) is 0 Å². The Morgan fingerprint density at radius 2 is 2.00 bits per heavy atom. The van der Waals surface area contributed by atoms with Gasteiger partial charge in [-0.2, -0.15) is 0 Å². The fourth-order valence-electron chi connectivity index (χ4n) is 1.38. The molecule has 1 radical (unpaired) electrons. The normalized spacial score (nSPS) is 19.2. The number of rotatable bonds is 6. The van der Waals surface area contributed by atoms with E-state index in [-0.39, 0.29) is 6.61 Å². The van der Waals surface area contributed by atoms with Gasteiger partial charge in [-0.05, 0) is 13.0 Å². The van der Waals surface area contributed by atoms with E-state index in [2.05, 4.69) is 10.2 Å². The first-order valence-electron chi connectivity index (χ1n) is 5.02. The summed E-state index contributed by atoms with van der Waals surface area (Å²) in [6.07, 6.45) is 0.739. The molecule has 0 spiro atoms. The molecule has 1 aliphatic rings. The van der Waals surface area contributed by atoms with Crippen molar-refractivity contribution in [1.82, 2.24) is 10.2 Å². The topological polar surface area (TPSA) is 44.4 Å². The fourth-order valence-corrected chi connectivity index (χ4v) is 1.38. The van der Waals surface area contributed by atoms with E-state index in [0.29, 0.717) is 0 Å². The molecule has 4 nitrogen and oxygen atoms in total. The second kappa shape index (κ2) is 7.26. The van der Waals surface area contributed by atoms with Crippen molar-refractivity contribution in [3.05, 3.63) is 0 Å². The van der Waals surface area contributed by atoms with Gasteiger partial charge in [0, 0.05) is 26.2 Å². The molecule has 0 saturated carbocycles. The lowest BCUT2D eigenvalue weighted by Gasteiger charge is -2.26.